The van der Waals surface area contributed by atoms with Gasteiger partial charge in [-0.3, -0.25) is 14.6 Å². The Morgan fingerprint density at radius 3 is 1.33 bits per heavy atom. The van der Waals surface area contributed by atoms with Crippen LogP contribution in [0.3, 0.4) is 0 Å². The van der Waals surface area contributed by atoms with Crippen molar-refractivity contribution in [3.8, 4) is 0 Å². The van der Waals surface area contributed by atoms with Crippen LogP contribution in [0.4, 0.5) is 0 Å². The highest BCUT2D eigenvalue weighted by molar-refractivity contribution is 6.18. The van der Waals surface area contributed by atoms with Crippen molar-refractivity contribution in [2.24, 2.45) is 33.5 Å². The molecule has 226 valence electrons. The summed E-state index contributed by atoms with van der Waals surface area (Å²) in [5.74, 6) is -1.17. The Balaban J connectivity index is 2.13. The molecule has 0 saturated heterocycles. The molecule has 3 aromatic rings. The van der Waals surface area contributed by atoms with Gasteiger partial charge in [0.2, 0.25) is 11.0 Å². The first-order valence-corrected chi connectivity index (χ1v) is 13.0. The van der Waals surface area contributed by atoms with E-state index in [0.717, 1.165) is 0 Å². The topological polar surface area (TPSA) is 222 Å². The molecule has 0 aliphatic heterocycles. The first kappa shape index (κ1) is 32.2. The minimum Gasteiger partial charge on any atom is -0.460 e. The molecule has 0 radical (unpaired) electrons. The predicted molar refractivity (Wildman–Crippen MR) is 154 cm³/mol. The first-order valence-electron chi connectivity index (χ1n) is 13.0. The number of ether oxygens (including phenoxy) is 3. The zero-order valence-electron chi connectivity index (χ0n) is 23.2. The SMILES string of the molecule is NOC(=O)C(N)(C(=O)OCc1ccccc1)C(CCN=C(N)N)(C(=O)OCc1ccccc1)C(=O)OCc1ccccc1. The van der Waals surface area contributed by atoms with E-state index in [4.69, 9.17) is 37.3 Å². The summed E-state index contributed by atoms with van der Waals surface area (Å²) >= 11 is 0. The van der Waals surface area contributed by atoms with E-state index in [-0.39, 0.29) is 19.8 Å². The summed E-state index contributed by atoms with van der Waals surface area (Å²) in [5, 5.41) is 0. The number of benzene rings is 3. The van der Waals surface area contributed by atoms with E-state index >= 15 is 0 Å². The molecular weight excluding hydrogens is 558 g/mol. The lowest BCUT2D eigenvalue weighted by Gasteiger charge is -2.39. The van der Waals surface area contributed by atoms with Crippen LogP contribution in [-0.2, 0) is 58.0 Å². The second-order valence-electron chi connectivity index (χ2n) is 9.36. The van der Waals surface area contributed by atoms with E-state index in [9.17, 15) is 19.2 Å². The van der Waals surface area contributed by atoms with E-state index in [0.29, 0.717) is 16.7 Å². The normalized spacial score (nSPS) is 12.2. The summed E-state index contributed by atoms with van der Waals surface area (Å²) in [6.45, 7) is -1.56. The van der Waals surface area contributed by atoms with Crippen molar-refractivity contribution < 1.29 is 38.2 Å². The highest BCUT2D eigenvalue weighted by atomic mass is 16.7. The number of nitrogens with two attached hydrogens (primary N) is 4. The fourth-order valence-corrected chi connectivity index (χ4v) is 4.21. The third-order valence-electron chi connectivity index (χ3n) is 6.54. The maximum Gasteiger partial charge on any atom is 0.358 e. The van der Waals surface area contributed by atoms with Crippen LogP contribution in [0.1, 0.15) is 23.1 Å². The molecule has 0 bridgehead atoms. The number of nitrogens with zero attached hydrogens (tertiary/aromatic N) is 1. The molecule has 3 rings (SSSR count). The summed E-state index contributed by atoms with van der Waals surface area (Å²) < 4.78 is 16.3. The third kappa shape index (κ3) is 7.72. The van der Waals surface area contributed by atoms with Gasteiger partial charge in [0.25, 0.3) is 0 Å². The van der Waals surface area contributed by atoms with Crippen molar-refractivity contribution in [3.63, 3.8) is 0 Å². The molecule has 0 saturated carbocycles. The van der Waals surface area contributed by atoms with Crippen LogP contribution < -0.4 is 23.1 Å². The molecule has 1 unspecified atom stereocenters. The molecule has 13 nitrogen and oxygen atoms in total. The molecule has 0 spiro atoms. The lowest BCUT2D eigenvalue weighted by atomic mass is 9.67. The van der Waals surface area contributed by atoms with Gasteiger partial charge in [0.05, 0.1) is 0 Å². The lowest BCUT2D eigenvalue weighted by molar-refractivity contribution is -0.196. The van der Waals surface area contributed by atoms with E-state index < -0.39 is 53.8 Å². The Bertz CT molecular complexity index is 1360. The van der Waals surface area contributed by atoms with Crippen molar-refractivity contribution in [1.82, 2.24) is 0 Å². The van der Waals surface area contributed by atoms with Crippen molar-refractivity contribution in [3.05, 3.63) is 108 Å². The van der Waals surface area contributed by atoms with Crippen LogP contribution in [0.5, 0.6) is 0 Å². The van der Waals surface area contributed by atoms with Gasteiger partial charge >= 0.3 is 23.9 Å². The van der Waals surface area contributed by atoms with Gasteiger partial charge in [-0.15, -0.1) is 0 Å². The fourth-order valence-electron chi connectivity index (χ4n) is 4.21. The van der Waals surface area contributed by atoms with Crippen LogP contribution in [0.2, 0.25) is 0 Å². The van der Waals surface area contributed by atoms with Gasteiger partial charge in [-0.1, -0.05) is 91.0 Å². The van der Waals surface area contributed by atoms with Crippen molar-refractivity contribution in [2.45, 2.75) is 31.8 Å². The molecule has 0 amide bonds. The minimum atomic E-state index is -3.21. The molecule has 0 heterocycles. The van der Waals surface area contributed by atoms with Gasteiger partial charge in [0.15, 0.2) is 5.96 Å². The van der Waals surface area contributed by atoms with Crippen LogP contribution >= 0.6 is 0 Å². The molecule has 0 aliphatic carbocycles. The van der Waals surface area contributed by atoms with Crippen molar-refractivity contribution in [2.75, 3.05) is 6.54 Å². The Morgan fingerprint density at radius 1 is 0.605 bits per heavy atom. The quantitative estimate of drug-likeness (QED) is 0.0514. The van der Waals surface area contributed by atoms with Crippen LogP contribution in [0.25, 0.3) is 0 Å². The number of esters is 3. The van der Waals surface area contributed by atoms with Crippen LogP contribution in [0, 0.1) is 5.41 Å². The van der Waals surface area contributed by atoms with Gasteiger partial charge in [0.1, 0.15) is 19.8 Å². The van der Waals surface area contributed by atoms with Gasteiger partial charge in [-0.2, -0.15) is 5.90 Å². The first-order chi connectivity index (χ1) is 20.6. The number of hydrogen-bond acceptors (Lipinski definition) is 11. The Hall–Kier alpha value is -5.27. The van der Waals surface area contributed by atoms with E-state index in [1.807, 2.05) is 0 Å². The maximum atomic E-state index is 14.0. The molecule has 0 aromatic heterocycles. The van der Waals surface area contributed by atoms with Gasteiger partial charge < -0.3 is 36.2 Å². The Morgan fingerprint density at radius 2 is 0.977 bits per heavy atom. The average molecular weight is 592 g/mol. The number of carbonyl (C=O) groups excluding carboxylic acids is 4. The van der Waals surface area contributed by atoms with Crippen molar-refractivity contribution >= 4 is 29.8 Å². The molecular formula is C30H33N5O8. The largest absolute Gasteiger partial charge is 0.460 e. The molecule has 0 fully saturated rings. The van der Waals surface area contributed by atoms with Crippen molar-refractivity contribution in [1.29, 1.82) is 0 Å². The molecule has 0 aliphatic rings. The molecule has 3 aromatic carbocycles. The number of rotatable bonds is 14. The smallest absolute Gasteiger partial charge is 0.358 e. The van der Waals surface area contributed by atoms with Gasteiger partial charge in [-0.05, 0) is 23.1 Å². The number of aliphatic imine (C=N–C) groups is 1. The Kier molecular flexibility index (Phi) is 11.3. The zero-order valence-corrected chi connectivity index (χ0v) is 23.2. The molecule has 8 N–H and O–H groups in total. The number of carbonyl (C=O) groups is 4. The Labute approximate surface area is 247 Å². The lowest BCUT2D eigenvalue weighted by Crippen LogP contribution is -2.73. The highest BCUT2D eigenvalue weighted by Gasteiger charge is 2.72. The van der Waals surface area contributed by atoms with E-state index in [2.05, 4.69) is 9.83 Å². The molecule has 43 heavy (non-hydrogen) atoms. The van der Waals surface area contributed by atoms with Crippen LogP contribution in [0.15, 0.2) is 96.0 Å². The molecule has 1 atom stereocenters. The zero-order chi connectivity index (χ0) is 31.3. The summed E-state index contributed by atoms with van der Waals surface area (Å²) in [7, 11) is 0. The summed E-state index contributed by atoms with van der Waals surface area (Å²) in [6.07, 6.45) is -0.738. The monoisotopic (exact) mass is 591 g/mol. The highest BCUT2D eigenvalue weighted by Crippen LogP contribution is 2.40. The number of guanidine groups is 1. The minimum absolute atomic E-state index is 0.359. The average Bonchev–Trinajstić information content (AvgIpc) is 3.03. The number of hydrogen-bond donors (Lipinski definition) is 4. The van der Waals surface area contributed by atoms with Crippen LogP contribution in [-0.4, -0.2) is 41.9 Å². The van der Waals surface area contributed by atoms with Gasteiger partial charge in [-0.25, -0.2) is 9.59 Å². The summed E-state index contributed by atoms with van der Waals surface area (Å²) in [5.41, 5.74) is 12.8. The second-order valence-corrected chi connectivity index (χ2v) is 9.36. The fraction of sp³-hybridized carbons (Fsp3) is 0.233. The predicted octanol–water partition coefficient (Wildman–Crippen LogP) is 0.981. The maximum absolute atomic E-state index is 14.0. The third-order valence-corrected chi connectivity index (χ3v) is 6.54. The second kappa shape index (κ2) is 15.1. The molecule has 13 heteroatoms. The van der Waals surface area contributed by atoms with E-state index in [1.165, 1.54) is 0 Å². The summed E-state index contributed by atoms with van der Waals surface area (Å²) in [6, 6.07) is 25.3. The summed E-state index contributed by atoms with van der Waals surface area (Å²) in [4.78, 5) is 63.3. The van der Waals surface area contributed by atoms with Gasteiger partial charge in [0, 0.05) is 6.54 Å². The standard InChI is InChI=1S/C30H33N5O8/c31-28(32)35-17-16-29(24(36)40-18-21-10-4-1-5-11-21,25(37)41-19-22-12-6-2-7-13-22)30(33,27(39)43-34)26(38)42-20-23-14-8-3-9-15-23/h1-15H,16-20,33-34H2,(H4,31,32,35). The van der Waals surface area contributed by atoms with E-state index in [1.54, 1.807) is 91.0 Å².